The van der Waals surface area contributed by atoms with Crippen LogP contribution in [-0.2, 0) is 19.6 Å². The lowest BCUT2D eigenvalue weighted by Crippen LogP contribution is -2.30. The van der Waals surface area contributed by atoms with E-state index in [9.17, 15) is 18.0 Å². The Labute approximate surface area is 99.6 Å². The average molecular weight is 264 g/mol. The summed E-state index contributed by atoms with van der Waals surface area (Å²) < 4.78 is 23.7. The zero-order chi connectivity index (χ0) is 13.1. The molecule has 0 spiro atoms. The van der Waals surface area contributed by atoms with Crippen LogP contribution in [0.3, 0.4) is 0 Å². The highest BCUT2D eigenvalue weighted by Gasteiger charge is 2.48. The van der Waals surface area contributed by atoms with Gasteiger partial charge in [0.05, 0.1) is 18.1 Å². The highest BCUT2D eigenvalue weighted by atomic mass is 32.2. The number of carbonyl (C=O) groups is 2. The van der Waals surface area contributed by atoms with E-state index in [0.717, 1.165) is 6.26 Å². The standard InChI is InChI=1S/C9H16N2O5S/c1-17(15,16)11-4-2-3-10-8(12)6-5-7(6)9(13)14/h6-7,11H,2-5H2,1H3,(H,10,12)(H,13,14)/t6-,7+/m1/s1. The van der Waals surface area contributed by atoms with E-state index < -0.39 is 27.8 Å². The Morgan fingerprint density at radius 2 is 1.94 bits per heavy atom. The smallest absolute Gasteiger partial charge is 0.307 e. The summed E-state index contributed by atoms with van der Waals surface area (Å²) in [6.45, 7) is 0.594. The van der Waals surface area contributed by atoms with Crippen LogP contribution < -0.4 is 10.0 Å². The van der Waals surface area contributed by atoms with Gasteiger partial charge in [-0.1, -0.05) is 0 Å². The summed E-state index contributed by atoms with van der Waals surface area (Å²) in [4.78, 5) is 21.9. The minimum absolute atomic E-state index is 0.256. The Balaban J connectivity index is 2.08. The van der Waals surface area contributed by atoms with E-state index in [-0.39, 0.29) is 12.5 Å². The lowest BCUT2D eigenvalue weighted by atomic mass is 10.3. The molecule has 1 saturated carbocycles. The molecule has 1 fully saturated rings. The van der Waals surface area contributed by atoms with Crippen LogP contribution in [0.15, 0.2) is 0 Å². The molecule has 0 aromatic heterocycles. The third-order valence-electron chi connectivity index (χ3n) is 2.46. The Bertz CT molecular complexity index is 406. The second-order valence-corrected chi connectivity index (χ2v) is 5.93. The molecule has 1 aliphatic carbocycles. The van der Waals surface area contributed by atoms with Crippen LogP contribution >= 0.6 is 0 Å². The molecule has 0 radical (unpaired) electrons. The van der Waals surface area contributed by atoms with Gasteiger partial charge in [-0.15, -0.1) is 0 Å². The van der Waals surface area contributed by atoms with E-state index in [1.807, 2.05) is 0 Å². The molecule has 1 aliphatic rings. The van der Waals surface area contributed by atoms with E-state index in [0.29, 0.717) is 19.4 Å². The highest BCUT2D eigenvalue weighted by molar-refractivity contribution is 7.88. The molecule has 0 aliphatic heterocycles. The molecule has 0 heterocycles. The number of aliphatic carboxylic acids is 1. The molecule has 2 atom stereocenters. The number of hydrogen-bond donors (Lipinski definition) is 3. The van der Waals surface area contributed by atoms with Crippen LogP contribution in [0.25, 0.3) is 0 Å². The van der Waals surface area contributed by atoms with Crippen molar-refractivity contribution in [1.82, 2.24) is 10.0 Å². The molecule has 0 unspecified atom stereocenters. The summed E-state index contributed by atoms with van der Waals surface area (Å²) in [7, 11) is -3.19. The minimum atomic E-state index is -3.19. The van der Waals surface area contributed by atoms with Crippen molar-refractivity contribution in [2.24, 2.45) is 11.8 Å². The van der Waals surface area contributed by atoms with Gasteiger partial charge in [-0.3, -0.25) is 9.59 Å². The number of carboxylic acids is 1. The summed E-state index contributed by atoms with van der Waals surface area (Å²) in [5.41, 5.74) is 0. The summed E-state index contributed by atoms with van der Waals surface area (Å²) in [5.74, 6) is -2.18. The maximum Gasteiger partial charge on any atom is 0.307 e. The number of rotatable bonds is 7. The highest BCUT2D eigenvalue weighted by Crippen LogP contribution is 2.38. The van der Waals surface area contributed by atoms with E-state index in [1.165, 1.54) is 0 Å². The second-order valence-electron chi connectivity index (χ2n) is 4.10. The Hall–Kier alpha value is -1.15. The van der Waals surface area contributed by atoms with Gasteiger partial charge in [0.1, 0.15) is 0 Å². The number of carboxylic acid groups (broad SMARTS) is 1. The first-order valence-corrected chi connectivity index (χ1v) is 7.15. The van der Waals surface area contributed by atoms with Crippen molar-refractivity contribution < 1.29 is 23.1 Å². The van der Waals surface area contributed by atoms with E-state index in [2.05, 4.69) is 10.0 Å². The van der Waals surface area contributed by atoms with Gasteiger partial charge in [0, 0.05) is 13.1 Å². The molecule has 98 valence electrons. The SMILES string of the molecule is CS(=O)(=O)NCCCNC(=O)[C@@H]1C[C@@H]1C(=O)O. The first-order valence-electron chi connectivity index (χ1n) is 5.26. The molecule has 7 nitrogen and oxygen atoms in total. The molecule has 3 N–H and O–H groups in total. The number of nitrogens with one attached hydrogen (secondary N) is 2. The first-order chi connectivity index (χ1) is 7.81. The van der Waals surface area contributed by atoms with Crippen molar-refractivity contribution in [1.29, 1.82) is 0 Å². The number of amides is 1. The molecular formula is C9H16N2O5S. The molecule has 0 aromatic rings. The lowest BCUT2D eigenvalue weighted by molar-refractivity contribution is -0.140. The van der Waals surface area contributed by atoms with Crippen molar-refractivity contribution >= 4 is 21.9 Å². The van der Waals surface area contributed by atoms with E-state index in [4.69, 9.17) is 5.11 Å². The molecule has 1 rings (SSSR count). The second kappa shape index (κ2) is 5.46. The van der Waals surface area contributed by atoms with Crippen molar-refractivity contribution in [3.8, 4) is 0 Å². The largest absolute Gasteiger partial charge is 0.481 e. The minimum Gasteiger partial charge on any atom is -0.481 e. The van der Waals surface area contributed by atoms with Crippen molar-refractivity contribution in [3.63, 3.8) is 0 Å². The summed E-state index contributed by atoms with van der Waals surface area (Å²) in [6.07, 6.45) is 1.93. The maximum absolute atomic E-state index is 11.4. The zero-order valence-corrected chi connectivity index (χ0v) is 10.3. The fraction of sp³-hybridized carbons (Fsp3) is 0.778. The zero-order valence-electron chi connectivity index (χ0n) is 9.47. The Kier molecular flexibility index (Phi) is 4.47. The normalized spacial score (nSPS) is 23.1. The van der Waals surface area contributed by atoms with Gasteiger partial charge in [-0.25, -0.2) is 13.1 Å². The van der Waals surface area contributed by atoms with Crippen LogP contribution in [0.1, 0.15) is 12.8 Å². The molecule has 0 saturated heterocycles. The van der Waals surface area contributed by atoms with Gasteiger partial charge in [0.2, 0.25) is 15.9 Å². The predicted molar refractivity (Wildman–Crippen MR) is 59.7 cm³/mol. The van der Waals surface area contributed by atoms with Crippen LogP contribution in [-0.4, -0.2) is 44.7 Å². The number of hydrogen-bond acceptors (Lipinski definition) is 4. The van der Waals surface area contributed by atoms with E-state index >= 15 is 0 Å². The van der Waals surface area contributed by atoms with Gasteiger partial charge in [-0.05, 0) is 12.8 Å². The van der Waals surface area contributed by atoms with Gasteiger partial charge in [0.15, 0.2) is 0 Å². The van der Waals surface area contributed by atoms with Crippen molar-refractivity contribution in [2.45, 2.75) is 12.8 Å². The topological polar surface area (TPSA) is 113 Å². The van der Waals surface area contributed by atoms with Crippen LogP contribution in [0.5, 0.6) is 0 Å². The number of sulfonamides is 1. The Morgan fingerprint density at radius 3 is 2.41 bits per heavy atom. The molecule has 0 bridgehead atoms. The maximum atomic E-state index is 11.4. The van der Waals surface area contributed by atoms with Gasteiger partial charge < -0.3 is 10.4 Å². The third-order valence-corrected chi connectivity index (χ3v) is 3.19. The summed E-state index contributed by atoms with van der Waals surface area (Å²) >= 11 is 0. The molecule has 1 amide bonds. The van der Waals surface area contributed by atoms with Gasteiger partial charge >= 0.3 is 5.97 Å². The predicted octanol–water partition coefficient (Wildman–Crippen LogP) is -1.24. The first kappa shape index (κ1) is 13.9. The quantitative estimate of drug-likeness (QED) is 0.498. The van der Waals surface area contributed by atoms with Gasteiger partial charge in [-0.2, -0.15) is 0 Å². The molecule has 0 aromatic carbocycles. The monoisotopic (exact) mass is 264 g/mol. The van der Waals surface area contributed by atoms with Crippen LogP contribution in [0.2, 0.25) is 0 Å². The van der Waals surface area contributed by atoms with Crippen molar-refractivity contribution in [3.05, 3.63) is 0 Å². The lowest BCUT2D eigenvalue weighted by Gasteiger charge is -2.04. The molecular weight excluding hydrogens is 248 g/mol. The average Bonchev–Trinajstić information content (AvgIpc) is 2.94. The Morgan fingerprint density at radius 1 is 1.29 bits per heavy atom. The fourth-order valence-electron chi connectivity index (χ4n) is 1.45. The van der Waals surface area contributed by atoms with E-state index in [1.54, 1.807) is 0 Å². The van der Waals surface area contributed by atoms with Gasteiger partial charge in [0.25, 0.3) is 0 Å². The summed E-state index contributed by atoms with van der Waals surface area (Å²) in [6, 6.07) is 0. The molecule has 8 heteroatoms. The fourth-order valence-corrected chi connectivity index (χ4v) is 1.96. The number of carbonyl (C=O) groups excluding carboxylic acids is 1. The van der Waals surface area contributed by atoms with Crippen LogP contribution in [0.4, 0.5) is 0 Å². The van der Waals surface area contributed by atoms with Crippen LogP contribution in [0, 0.1) is 11.8 Å². The summed E-state index contributed by atoms with van der Waals surface area (Å²) in [5, 5.41) is 11.2. The third kappa shape index (κ3) is 5.14. The van der Waals surface area contributed by atoms with Crippen molar-refractivity contribution in [2.75, 3.05) is 19.3 Å². The molecule has 17 heavy (non-hydrogen) atoms.